The van der Waals surface area contributed by atoms with Crippen LogP contribution in [0.4, 0.5) is 0 Å². The Morgan fingerprint density at radius 2 is 1.79 bits per heavy atom. The van der Waals surface area contributed by atoms with Crippen LogP contribution in [0.25, 0.3) is 0 Å². The number of carboxylic acid groups (broad SMARTS) is 1. The van der Waals surface area contributed by atoms with Crippen molar-refractivity contribution in [3.05, 3.63) is 0 Å². The maximum atomic E-state index is 12.3. The molecule has 5 heteroatoms. The molecule has 2 rings (SSSR count). The lowest BCUT2D eigenvalue weighted by molar-refractivity contribution is -0.149. The molecule has 19 heavy (non-hydrogen) atoms. The second-order valence-electron chi connectivity index (χ2n) is 5.83. The molecule has 108 valence electrons. The monoisotopic (exact) mass is 268 g/mol. The third-order valence-electron chi connectivity index (χ3n) is 4.40. The van der Waals surface area contributed by atoms with Gasteiger partial charge < -0.3 is 15.7 Å². The van der Waals surface area contributed by atoms with Crippen LogP contribution in [0, 0.1) is 5.92 Å². The minimum atomic E-state index is -1.02. The average Bonchev–Trinajstić information content (AvgIpc) is 2.66. The lowest BCUT2D eigenvalue weighted by atomic mass is 9.88. The van der Waals surface area contributed by atoms with E-state index in [0.29, 0.717) is 19.4 Å². The first-order chi connectivity index (χ1) is 9.14. The fourth-order valence-electron chi connectivity index (χ4n) is 3.14. The summed E-state index contributed by atoms with van der Waals surface area (Å²) in [5.41, 5.74) is -1.02. The molecule has 3 N–H and O–H groups in total. The molecule has 1 amide bonds. The highest BCUT2D eigenvalue weighted by Crippen LogP contribution is 2.28. The molecule has 1 aliphatic heterocycles. The molecular weight excluding hydrogens is 244 g/mol. The van der Waals surface area contributed by atoms with Crippen molar-refractivity contribution < 1.29 is 14.7 Å². The Labute approximate surface area is 114 Å². The molecular formula is C14H24N2O3. The van der Waals surface area contributed by atoms with Crippen LogP contribution < -0.4 is 10.6 Å². The summed E-state index contributed by atoms with van der Waals surface area (Å²) in [7, 11) is 0. The van der Waals surface area contributed by atoms with Crippen molar-refractivity contribution in [2.45, 2.75) is 56.9 Å². The predicted octanol–water partition coefficient (Wildman–Crippen LogP) is 1.28. The van der Waals surface area contributed by atoms with E-state index in [4.69, 9.17) is 0 Å². The van der Waals surface area contributed by atoms with E-state index < -0.39 is 11.5 Å². The molecule has 0 radical (unpaired) electrons. The molecule has 1 saturated carbocycles. The molecule has 0 bridgehead atoms. The topological polar surface area (TPSA) is 78.4 Å². The van der Waals surface area contributed by atoms with Crippen LogP contribution in [-0.2, 0) is 9.59 Å². The molecule has 0 spiro atoms. The zero-order valence-electron chi connectivity index (χ0n) is 11.4. The van der Waals surface area contributed by atoms with E-state index >= 15 is 0 Å². The molecule has 2 fully saturated rings. The molecule has 0 aromatic heterocycles. The summed E-state index contributed by atoms with van der Waals surface area (Å²) >= 11 is 0. The number of amides is 1. The van der Waals surface area contributed by atoms with Gasteiger partial charge in [0.2, 0.25) is 5.91 Å². The van der Waals surface area contributed by atoms with Gasteiger partial charge in [-0.1, -0.05) is 25.7 Å². The van der Waals surface area contributed by atoms with Crippen LogP contribution in [0.15, 0.2) is 0 Å². The quantitative estimate of drug-likeness (QED) is 0.674. The van der Waals surface area contributed by atoms with Crippen LogP contribution >= 0.6 is 0 Å². The van der Waals surface area contributed by atoms with E-state index in [9.17, 15) is 14.7 Å². The molecule has 0 aromatic carbocycles. The number of hydrogen-bond acceptors (Lipinski definition) is 3. The molecule has 1 aliphatic carbocycles. The van der Waals surface area contributed by atoms with E-state index in [-0.39, 0.29) is 11.8 Å². The first kappa shape index (κ1) is 14.3. The van der Waals surface area contributed by atoms with Crippen LogP contribution in [0.3, 0.4) is 0 Å². The van der Waals surface area contributed by atoms with Gasteiger partial charge in [0.15, 0.2) is 0 Å². The van der Waals surface area contributed by atoms with Crippen molar-refractivity contribution in [3.63, 3.8) is 0 Å². The van der Waals surface area contributed by atoms with Crippen LogP contribution in [0.5, 0.6) is 0 Å². The van der Waals surface area contributed by atoms with Crippen molar-refractivity contribution in [1.29, 1.82) is 0 Å². The lowest BCUT2D eigenvalue weighted by Crippen LogP contribution is -2.57. The fraction of sp³-hybridized carbons (Fsp3) is 0.857. The third-order valence-corrected chi connectivity index (χ3v) is 4.40. The summed E-state index contributed by atoms with van der Waals surface area (Å²) in [6, 6.07) is 0. The summed E-state index contributed by atoms with van der Waals surface area (Å²) in [5.74, 6) is -1.03. The number of carbonyl (C=O) groups excluding carboxylic acids is 1. The van der Waals surface area contributed by atoms with Crippen LogP contribution in [0.2, 0.25) is 0 Å². The Hall–Kier alpha value is -1.10. The summed E-state index contributed by atoms with van der Waals surface area (Å²) in [5, 5.41) is 15.6. The van der Waals surface area contributed by atoms with Crippen molar-refractivity contribution >= 4 is 11.9 Å². The molecule has 1 saturated heterocycles. The Balaban J connectivity index is 2.02. The second-order valence-corrected chi connectivity index (χ2v) is 5.83. The summed E-state index contributed by atoms with van der Waals surface area (Å²) in [6.45, 7) is 1.62. The van der Waals surface area contributed by atoms with E-state index in [1.807, 2.05) is 0 Å². The van der Waals surface area contributed by atoms with Crippen LogP contribution in [0.1, 0.15) is 51.4 Å². The zero-order valence-corrected chi connectivity index (χ0v) is 11.4. The van der Waals surface area contributed by atoms with Gasteiger partial charge in [0.25, 0.3) is 0 Å². The van der Waals surface area contributed by atoms with Gasteiger partial charge in [-0.3, -0.25) is 4.79 Å². The third kappa shape index (κ3) is 3.47. The Bertz CT molecular complexity index is 330. The number of carbonyl (C=O) groups is 2. The van der Waals surface area contributed by atoms with Crippen LogP contribution in [-0.4, -0.2) is 35.6 Å². The van der Waals surface area contributed by atoms with Gasteiger partial charge in [-0.05, 0) is 32.2 Å². The number of aliphatic carboxylic acids is 1. The van der Waals surface area contributed by atoms with E-state index in [2.05, 4.69) is 10.6 Å². The van der Waals surface area contributed by atoms with E-state index in [0.717, 1.165) is 45.1 Å². The predicted molar refractivity (Wildman–Crippen MR) is 71.8 cm³/mol. The number of piperidine rings is 1. The zero-order chi connectivity index (χ0) is 13.7. The van der Waals surface area contributed by atoms with Gasteiger partial charge in [-0.2, -0.15) is 0 Å². The standard InChI is InChI=1S/C14H24N2O3/c17-12(11-6-5-9-15-10-11)16-14(13(18)19)7-3-1-2-4-8-14/h11,15H,1-10H2,(H,16,17)(H,18,19). The summed E-state index contributed by atoms with van der Waals surface area (Å²) < 4.78 is 0. The van der Waals surface area contributed by atoms with Crippen molar-refractivity contribution in [2.75, 3.05) is 13.1 Å². The smallest absolute Gasteiger partial charge is 0.329 e. The highest BCUT2D eigenvalue weighted by molar-refractivity contribution is 5.88. The lowest BCUT2D eigenvalue weighted by Gasteiger charge is -2.32. The van der Waals surface area contributed by atoms with E-state index in [1.165, 1.54) is 0 Å². The molecule has 1 heterocycles. The largest absolute Gasteiger partial charge is 0.480 e. The molecule has 1 unspecified atom stereocenters. The minimum Gasteiger partial charge on any atom is -0.480 e. The number of nitrogens with one attached hydrogen (secondary N) is 2. The highest BCUT2D eigenvalue weighted by Gasteiger charge is 2.41. The van der Waals surface area contributed by atoms with Gasteiger partial charge in [0.1, 0.15) is 5.54 Å². The van der Waals surface area contributed by atoms with E-state index in [1.54, 1.807) is 0 Å². The van der Waals surface area contributed by atoms with Crippen molar-refractivity contribution in [2.24, 2.45) is 5.92 Å². The van der Waals surface area contributed by atoms with Gasteiger partial charge in [-0.25, -0.2) is 4.79 Å². The van der Waals surface area contributed by atoms with Gasteiger partial charge in [-0.15, -0.1) is 0 Å². The van der Waals surface area contributed by atoms with Gasteiger partial charge in [0, 0.05) is 6.54 Å². The molecule has 5 nitrogen and oxygen atoms in total. The average molecular weight is 268 g/mol. The fourth-order valence-corrected chi connectivity index (χ4v) is 3.14. The SMILES string of the molecule is O=C(NC1(C(=O)O)CCCCCC1)C1CCCNC1. The first-order valence-electron chi connectivity index (χ1n) is 7.40. The van der Waals surface area contributed by atoms with Gasteiger partial charge in [0.05, 0.1) is 5.92 Å². The second kappa shape index (κ2) is 6.37. The van der Waals surface area contributed by atoms with Crippen molar-refractivity contribution in [1.82, 2.24) is 10.6 Å². The summed E-state index contributed by atoms with van der Waals surface area (Å²) in [6.07, 6.45) is 6.87. The minimum absolute atomic E-state index is 0.0757. The number of hydrogen-bond donors (Lipinski definition) is 3. The highest BCUT2D eigenvalue weighted by atomic mass is 16.4. The van der Waals surface area contributed by atoms with Gasteiger partial charge >= 0.3 is 5.97 Å². The molecule has 1 atom stereocenters. The summed E-state index contributed by atoms with van der Waals surface area (Å²) in [4.78, 5) is 23.9. The first-order valence-corrected chi connectivity index (χ1v) is 7.40. The number of carboxylic acids is 1. The normalized spacial score (nSPS) is 27.3. The number of rotatable bonds is 3. The molecule has 0 aromatic rings. The maximum absolute atomic E-state index is 12.3. The molecule has 2 aliphatic rings. The Morgan fingerprint density at radius 3 is 2.32 bits per heavy atom. The Morgan fingerprint density at radius 1 is 1.11 bits per heavy atom. The Kier molecular flexibility index (Phi) is 4.80. The maximum Gasteiger partial charge on any atom is 0.329 e. The van der Waals surface area contributed by atoms with Crippen molar-refractivity contribution in [3.8, 4) is 0 Å².